The number of carboxylic acid groups (broad SMARTS) is 1. The maximum atomic E-state index is 12.6. The zero-order valence-corrected chi connectivity index (χ0v) is 18.1. The van der Waals surface area contributed by atoms with E-state index in [-0.39, 0.29) is 18.6 Å². The molecule has 4 amide bonds. The molecule has 4 atom stereocenters. The Bertz CT molecular complexity index is 606. The lowest BCUT2D eigenvalue weighted by molar-refractivity contribution is -0.141. The van der Waals surface area contributed by atoms with Crippen LogP contribution in [0.3, 0.4) is 0 Å². The molecule has 0 rings (SSSR count). The number of nitrogens with two attached hydrogens (primary N) is 2. The number of aliphatic carboxylic acids is 1. The van der Waals surface area contributed by atoms with Crippen molar-refractivity contribution in [2.45, 2.75) is 50.4 Å². The number of hydrogen-bond acceptors (Lipinski definition) is 8. The van der Waals surface area contributed by atoms with Crippen LogP contribution in [0.25, 0.3) is 0 Å². The topological polar surface area (TPSA) is 194 Å². The predicted molar refractivity (Wildman–Crippen MR) is 112 cm³/mol. The minimum Gasteiger partial charge on any atom is -0.480 e. The number of carbonyl (C=O) groups excluding carboxylic acids is 4. The van der Waals surface area contributed by atoms with Gasteiger partial charge in [-0.05, 0) is 31.8 Å². The molecule has 11 nitrogen and oxygen atoms in total. The molecule has 0 fully saturated rings. The van der Waals surface area contributed by atoms with Crippen molar-refractivity contribution in [1.82, 2.24) is 16.0 Å². The molecule has 29 heavy (non-hydrogen) atoms. The van der Waals surface area contributed by atoms with Gasteiger partial charge in [0.2, 0.25) is 23.6 Å². The normalized spacial score (nSPS) is 14.8. The summed E-state index contributed by atoms with van der Waals surface area (Å²) in [6, 6.07) is -4.30. The van der Waals surface area contributed by atoms with Gasteiger partial charge in [-0.1, -0.05) is 0 Å². The van der Waals surface area contributed by atoms with Gasteiger partial charge in [0.05, 0.1) is 6.04 Å². The first-order chi connectivity index (χ1) is 13.5. The molecular weight excluding hydrogens is 422 g/mol. The van der Waals surface area contributed by atoms with Gasteiger partial charge < -0.3 is 32.5 Å². The van der Waals surface area contributed by atoms with Crippen LogP contribution in [0.5, 0.6) is 0 Å². The van der Waals surface area contributed by atoms with Gasteiger partial charge in [-0.15, -0.1) is 0 Å². The first kappa shape index (κ1) is 27.0. The molecule has 0 bridgehead atoms. The van der Waals surface area contributed by atoms with E-state index in [4.69, 9.17) is 16.6 Å². The van der Waals surface area contributed by atoms with Crippen LogP contribution in [0.15, 0.2) is 0 Å². The highest BCUT2D eigenvalue weighted by Gasteiger charge is 2.28. The Hall–Kier alpha value is -1.99. The summed E-state index contributed by atoms with van der Waals surface area (Å²) in [7, 11) is 0. The first-order valence-electron chi connectivity index (χ1n) is 8.81. The molecular formula is C16H29N5O6S2. The zero-order chi connectivity index (χ0) is 22.6. The predicted octanol–water partition coefficient (Wildman–Crippen LogP) is -2.18. The van der Waals surface area contributed by atoms with Gasteiger partial charge in [-0.2, -0.15) is 24.4 Å². The highest BCUT2D eigenvalue weighted by molar-refractivity contribution is 7.98. The average molecular weight is 452 g/mol. The van der Waals surface area contributed by atoms with Crippen LogP contribution in [0.2, 0.25) is 0 Å². The number of nitrogens with one attached hydrogen (secondary N) is 3. The van der Waals surface area contributed by atoms with Crippen LogP contribution in [-0.4, -0.2) is 76.6 Å². The van der Waals surface area contributed by atoms with Crippen LogP contribution in [-0.2, 0) is 24.0 Å². The highest BCUT2D eigenvalue weighted by Crippen LogP contribution is 2.03. The number of carboxylic acids is 1. The van der Waals surface area contributed by atoms with Crippen molar-refractivity contribution in [2.75, 3.05) is 17.8 Å². The molecule has 0 aromatic rings. The number of amides is 4. The smallest absolute Gasteiger partial charge is 0.325 e. The van der Waals surface area contributed by atoms with Gasteiger partial charge in [0.1, 0.15) is 18.1 Å². The molecule has 0 aromatic heterocycles. The van der Waals surface area contributed by atoms with Crippen LogP contribution < -0.4 is 27.4 Å². The van der Waals surface area contributed by atoms with Crippen molar-refractivity contribution in [3.8, 4) is 0 Å². The van der Waals surface area contributed by atoms with E-state index in [0.717, 1.165) is 0 Å². The van der Waals surface area contributed by atoms with E-state index in [1.807, 2.05) is 6.26 Å². The number of carbonyl (C=O) groups is 5. The molecule has 0 saturated heterocycles. The van der Waals surface area contributed by atoms with Crippen molar-refractivity contribution < 1.29 is 29.1 Å². The number of thiol groups is 1. The summed E-state index contributed by atoms with van der Waals surface area (Å²) in [5.74, 6) is -3.44. The molecule has 8 N–H and O–H groups in total. The number of thioether (sulfide) groups is 1. The quantitative estimate of drug-likeness (QED) is 0.145. The largest absolute Gasteiger partial charge is 0.480 e. The standard InChI is InChI=1S/C16H29N5O6S2/c1-8(16(26)27)19-15(25)11(7-28)21-14(24)10(3-4-12(18)22)20-13(23)9(17)5-6-29-2/h8-11,28H,3-7,17H2,1-2H3,(H2,18,22)(H,19,25)(H,20,23)(H,21,24)(H,26,27). The number of rotatable bonds is 14. The summed E-state index contributed by atoms with van der Waals surface area (Å²) in [5.41, 5.74) is 10.9. The van der Waals surface area contributed by atoms with E-state index in [1.54, 1.807) is 0 Å². The molecule has 0 radical (unpaired) electrons. The summed E-state index contributed by atoms with van der Waals surface area (Å²) < 4.78 is 0. The Labute approximate surface area is 178 Å². The fourth-order valence-corrected chi connectivity index (χ4v) is 2.80. The fraction of sp³-hybridized carbons (Fsp3) is 0.688. The maximum absolute atomic E-state index is 12.6. The monoisotopic (exact) mass is 451 g/mol. The second-order valence-electron chi connectivity index (χ2n) is 6.27. The number of hydrogen-bond donors (Lipinski definition) is 7. The Morgan fingerprint density at radius 3 is 2.03 bits per heavy atom. The van der Waals surface area contributed by atoms with E-state index < -0.39 is 53.8 Å². The summed E-state index contributed by atoms with van der Waals surface area (Å²) in [4.78, 5) is 58.9. The Morgan fingerprint density at radius 1 is 1.00 bits per heavy atom. The molecule has 0 aliphatic carbocycles. The lowest BCUT2D eigenvalue weighted by Crippen LogP contribution is -2.57. The van der Waals surface area contributed by atoms with E-state index in [2.05, 4.69) is 28.6 Å². The van der Waals surface area contributed by atoms with Crippen LogP contribution in [0.4, 0.5) is 0 Å². The van der Waals surface area contributed by atoms with E-state index >= 15 is 0 Å². The lowest BCUT2D eigenvalue weighted by atomic mass is 10.1. The third-order valence-corrected chi connectivity index (χ3v) is 4.84. The summed E-state index contributed by atoms with van der Waals surface area (Å²) >= 11 is 5.50. The highest BCUT2D eigenvalue weighted by atomic mass is 32.2. The van der Waals surface area contributed by atoms with E-state index in [1.165, 1.54) is 18.7 Å². The van der Waals surface area contributed by atoms with Crippen LogP contribution >= 0.6 is 24.4 Å². The van der Waals surface area contributed by atoms with Gasteiger partial charge in [-0.25, -0.2) is 0 Å². The van der Waals surface area contributed by atoms with Gasteiger partial charge in [0.15, 0.2) is 0 Å². The van der Waals surface area contributed by atoms with Crippen molar-refractivity contribution in [1.29, 1.82) is 0 Å². The summed E-state index contributed by atoms with van der Waals surface area (Å²) in [5, 5.41) is 15.9. The van der Waals surface area contributed by atoms with E-state index in [0.29, 0.717) is 12.2 Å². The van der Waals surface area contributed by atoms with Gasteiger partial charge in [0, 0.05) is 12.2 Å². The molecule has 0 heterocycles. The Kier molecular flexibility index (Phi) is 13.1. The molecule has 0 aliphatic heterocycles. The molecule has 0 spiro atoms. The third kappa shape index (κ3) is 10.9. The lowest BCUT2D eigenvalue weighted by Gasteiger charge is -2.23. The van der Waals surface area contributed by atoms with Crippen molar-refractivity contribution >= 4 is 54.0 Å². The molecule has 0 saturated carbocycles. The van der Waals surface area contributed by atoms with Gasteiger partial charge in [-0.3, -0.25) is 24.0 Å². The van der Waals surface area contributed by atoms with Crippen molar-refractivity contribution in [3.05, 3.63) is 0 Å². The maximum Gasteiger partial charge on any atom is 0.325 e. The first-order valence-corrected chi connectivity index (χ1v) is 10.8. The van der Waals surface area contributed by atoms with Crippen molar-refractivity contribution in [3.63, 3.8) is 0 Å². The molecule has 0 aliphatic rings. The van der Waals surface area contributed by atoms with Gasteiger partial charge in [0.25, 0.3) is 0 Å². The SMILES string of the molecule is CSCCC(N)C(=O)NC(CCC(N)=O)C(=O)NC(CS)C(=O)NC(C)C(=O)O. The molecule has 4 unspecified atom stereocenters. The molecule has 0 aromatic carbocycles. The Morgan fingerprint density at radius 2 is 1.55 bits per heavy atom. The van der Waals surface area contributed by atoms with Crippen LogP contribution in [0, 0.1) is 0 Å². The fourth-order valence-electron chi connectivity index (χ4n) is 2.05. The Balaban J connectivity index is 5.11. The second kappa shape index (κ2) is 14.1. The van der Waals surface area contributed by atoms with Gasteiger partial charge >= 0.3 is 5.97 Å². The zero-order valence-electron chi connectivity index (χ0n) is 16.3. The third-order valence-electron chi connectivity index (χ3n) is 3.83. The second-order valence-corrected chi connectivity index (χ2v) is 7.62. The minimum absolute atomic E-state index is 0.0887. The van der Waals surface area contributed by atoms with Crippen LogP contribution in [0.1, 0.15) is 26.2 Å². The average Bonchev–Trinajstić information content (AvgIpc) is 2.66. The van der Waals surface area contributed by atoms with Crippen molar-refractivity contribution in [2.24, 2.45) is 11.5 Å². The molecule has 13 heteroatoms. The minimum atomic E-state index is -1.24. The summed E-state index contributed by atoms with van der Waals surface area (Å²) in [6.45, 7) is 1.27. The summed E-state index contributed by atoms with van der Waals surface area (Å²) in [6.07, 6.45) is 1.99. The van der Waals surface area contributed by atoms with E-state index in [9.17, 15) is 24.0 Å². The number of primary amides is 1. The molecule has 166 valence electrons.